The van der Waals surface area contributed by atoms with Crippen molar-refractivity contribution in [3.8, 4) is 0 Å². The zero-order valence-electron chi connectivity index (χ0n) is 12.4. The molecule has 0 amide bonds. The Balaban J connectivity index is 1.47. The van der Waals surface area contributed by atoms with Gasteiger partial charge in [0.15, 0.2) is 0 Å². The van der Waals surface area contributed by atoms with E-state index >= 15 is 0 Å². The molecule has 0 aromatic heterocycles. The van der Waals surface area contributed by atoms with E-state index < -0.39 is 0 Å². The second kappa shape index (κ2) is 5.80. The van der Waals surface area contributed by atoms with Crippen molar-refractivity contribution < 1.29 is 0 Å². The molecule has 0 atom stereocenters. The summed E-state index contributed by atoms with van der Waals surface area (Å²) in [6, 6.07) is 0. The van der Waals surface area contributed by atoms with Crippen LogP contribution in [0.5, 0.6) is 0 Å². The molecule has 4 aliphatic rings. The van der Waals surface area contributed by atoms with Crippen molar-refractivity contribution in [2.45, 2.75) is 100 Å². The van der Waals surface area contributed by atoms with Crippen LogP contribution >= 0.6 is 0 Å². The van der Waals surface area contributed by atoms with Gasteiger partial charge in [-0.1, -0.05) is 0 Å². The Kier molecular flexibility index (Phi) is 4.07. The minimum absolute atomic E-state index is 1.01. The topological polar surface area (TPSA) is 0 Å². The van der Waals surface area contributed by atoms with Crippen LogP contribution in [-0.2, 0) is 0 Å². The number of fused-ring (bicyclic) bond motifs is 4. The Labute approximate surface area is 126 Å². The fourth-order valence-corrected chi connectivity index (χ4v) is 10.8. The molecule has 0 spiro atoms. The molecule has 0 nitrogen and oxygen atoms in total. The first kappa shape index (κ1) is 13.3. The Morgan fingerprint density at radius 3 is 1.00 bits per heavy atom. The molecule has 0 saturated carbocycles. The molecule has 4 rings (SSSR count). The summed E-state index contributed by atoms with van der Waals surface area (Å²) in [7, 11) is 0. The normalized spacial score (nSPS) is 42.3. The van der Waals surface area contributed by atoms with Crippen molar-refractivity contribution in [1.29, 1.82) is 0 Å². The molecule has 0 unspecified atom stereocenters. The summed E-state index contributed by atoms with van der Waals surface area (Å²) >= 11 is 1.01. The van der Waals surface area contributed by atoms with Gasteiger partial charge in [0.05, 0.1) is 0 Å². The van der Waals surface area contributed by atoms with Crippen molar-refractivity contribution in [2.24, 2.45) is 0 Å². The van der Waals surface area contributed by atoms with E-state index in [1.165, 1.54) is 34.3 Å². The van der Waals surface area contributed by atoms with E-state index in [1.54, 1.807) is 77.0 Å². The van der Waals surface area contributed by atoms with E-state index in [1.807, 2.05) is 0 Å². The van der Waals surface area contributed by atoms with Crippen LogP contribution in [0, 0.1) is 0 Å². The molecule has 104 valence electrons. The van der Waals surface area contributed by atoms with Crippen LogP contribution in [-0.4, -0.2) is 25.7 Å². The van der Waals surface area contributed by atoms with Crippen LogP contribution in [0.25, 0.3) is 0 Å². The van der Waals surface area contributed by atoms with Gasteiger partial charge in [0.2, 0.25) is 0 Å². The van der Waals surface area contributed by atoms with Gasteiger partial charge in [-0.15, -0.1) is 0 Å². The average molecular weight is 321 g/mol. The number of rotatable bonds is 2. The maximum atomic E-state index is 1.60. The Morgan fingerprint density at radius 2 is 0.737 bits per heavy atom. The van der Waals surface area contributed by atoms with E-state index in [-0.39, 0.29) is 0 Å². The second-order valence-corrected chi connectivity index (χ2v) is 10.7. The van der Waals surface area contributed by atoms with E-state index in [4.69, 9.17) is 0 Å². The second-order valence-electron chi connectivity index (χ2n) is 7.83. The predicted octanol–water partition coefficient (Wildman–Crippen LogP) is 4.89. The summed E-state index contributed by atoms with van der Waals surface area (Å²) in [4.78, 5) is 0. The van der Waals surface area contributed by atoms with Gasteiger partial charge >= 0.3 is 126 Å². The Bertz CT molecular complexity index is 248. The molecule has 4 heterocycles. The van der Waals surface area contributed by atoms with Crippen LogP contribution in [0.4, 0.5) is 0 Å². The first-order chi connectivity index (χ1) is 9.42. The standard InChI is InChI=1S/C16H28B2Se/c1-5-13-7-2-8-14(6-1)17(13)19-18-15-9-3-10-16(18)12-4-11-15/h13-16H,1-12H2. The van der Waals surface area contributed by atoms with Crippen LogP contribution in [0.2, 0.25) is 23.3 Å². The van der Waals surface area contributed by atoms with Crippen LogP contribution in [0.3, 0.4) is 0 Å². The molecular formula is C16H28B2Se. The van der Waals surface area contributed by atoms with Crippen LogP contribution < -0.4 is 0 Å². The van der Waals surface area contributed by atoms with Gasteiger partial charge in [0.1, 0.15) is 0 Å². The Hall–Kier alpha value is 0.649. The van der Waals surface area contributed by atoms with Gasteiger partial charge in [-0.25, -0.2) is 0 Å². The third-order valence-corrected chi connectivity index (χ3v) is 11.3. The van der Waals surface area contributed by atoms with Crippen molar-refractivity contribution in [2.75, 3.05) is 0 Å². The zero-order valence-corrected chi connectivity index (χ0v) is 14.1. The van der Waals surface area contributed by atoms with Gasteiger partial charge in [-0.2, -0.15) is 0 Å². The monoisotopic (exact) mass is 322 g/mol. The molecule has 4 saturated heterocycles. The number of hydrogen-bond donors (Lipinski definition) is 0. The molecular weight excluding hydrogens is 293 g/mol. The summed E-state index contributed by atoms with van der Waals surface area (Å²) in [5.41, 5.74) is 2.45. The molecule has 4 aliphatic heterocycles. The molecule has 19 heavy (non-hydrogen) atoms. The molecule has 4 fully saturated rings. The van der Waals surface area contributed by atoms with Crippen LogP contribution in [0.1, 0.15) is 77.0 Å². The number of hydrogen-bond acceptors (Lipinski definition) is 0. The first-order valence-corrected chi connectivity index (χ1v) is 11.0. The van der Waals surface area contributed by atoms with Gasteiger partial charge in [-0.05, 0) is 0 Å². The fraction of sp³-hybridized carbons (Fsp3) is 1.00. The van der Waals surface area contributed by atoms with Crippen LogP contribution in [0.15, 0.2) is 0 Å². The summed E-state index contributed by atoms with van der Waals surface area (Å²) in [6.45, 7) is 0. The minimum atomic E-state index is 1.01. The molecule has 0 radical (unpaired) electrons. The predicted molar refractivity (Wildman–Crippen MR) is 87.7 cm³/mol. The van der Waals surface area contributed by atoms with Gasteiger partial charge in [0.25, 0.3) is 0 Å². The quantitative estimate of drug-likeness (QED) is 0.635. The van der Waals surface area contributed by atoms with Gasteiger partial charge < -0.3 is 0 Å². The van der Waals surface area contributed by atoms with Crippen molar-refractivity contribution in [3.05, 3.63) is 0 Å². The van der Waals surface area contributed by atoms with E-state index in [9.17, 15) is 0 Å². The summed E-state index contributed by atoms with van der Waals surface area (Å²) in [5.74, 6) is 4.70. The van der Waals surface area contributed by atoms with Gasteiger partial charge in [-0.3, -0.25) is 0 Å². The zero-order chi connectivity index (χ0) is 12.7. The van der Waals surface area contributed by atoms with Crippen molar-refractivity contribution >= 4 is 25.7 Å². The molecule has 0 aromatic rings. The summed E-state index contributed by atoms with van der Waals surface area (Å²) in [6.07, 6.45) is 19.1. The van der Waals surface area contributed by atoms with E-state index in [0.717, 1.165) is 14.6 Å². The van der Waals surface area contributed by atoms with Crippen molar-refractivity contribution in [1.82, 2.24) is 0 Å². The van der Waals surface area contributed by atoms with E-state index in [0.29, 0.717) is 0 Å². The third kappa shape index (κ3) is 2.59. The summed E-state index contributed by atoms with van der Waals surface area (Å²) < 4.78 is 0. The van der Waals surface area contributed by atoms with Crippen molar-refractivity contribution in [3.63, 3.8) is 0 Å². The molecule has 0 aliphatic carbocycles. The molecule has 0 aromatic carbocycles. The van der Waals surface area contributed by atoms with Gasteiger partial charge in [0, 0.05) is 0 Å². The maximum absolute atomic E-state index is 1.60. The van der Waals surface area contributed by atoms with E-state index in [2.05, 4.69) is 0 Å². The Morgan fingerprint density at radius 1 is 0.474 bits per heavy atom. The molecule has 4 bridgehead atoms. The first-order valence-electron chi connectivity index (χ1n) is 9.07. The third-order valence-electron chi connectivity index (χ3n) is 6.77. The average Bonchev–Trinajstić information content (AvgIpc) is 2.38. The molecule has 0 N–H and O–H groups in total. The SMILES string of the molecule is C1CC2CCCC(C1)B2[Se]B1C2CCCC1CCC2. The fourth-order valence-electron chi connectivity index (χ4n) is 5.86. The molecule has 3 heteroatoms. The summed E-state index contributed by atoms with van der Waals surface area (Å²) in [5, 5.41) is 0.